The first-order valence-electron chi connectivity index (χ1n) is 7.09. The standard InChI is InChI=1S/C15H22N4.2ClH/c1-12-5-3-7-15-17-14(11-19(12)15)10-18-8-4-6-13(9-18)16-2;;/h3,5,7,11,13,16H,4,6,8-10H2,1-2H3;2*1H. The highest BCUT2D eigenvalue weighted by molar-refractivity contribution is 5.85. The van der Waals surface area contributed by atoms with Gasteiger partial charge in [-0.2, -0.15) is 0 Å². The number of rotatable bonds is 3. The third-order valence-electron chi connectivity index (χ3n) is 4.05. The summed E-state index contributed by atoms with van der Waals surface area (Å²) in [5.74, 6) is 0. The number of nitrogens with zero attached hydrogens (tertiary/aromatic N) is 3. The zero-order chi connectivity index (χ0) is 13.2. The predicted molar refractivity (Wildman–Crippen MR) is 91.8 cm³/mol. The Bertz CT molecular complexity index is 570. The van der Waals surface area contributed by atoms with Gasteiger partial charge in [0.2, 0.25) is 0 Å². The van der Waals surface area contributed by atoms with E-state index >= 15 is 0 Å². The second-order valence-electron chi connectivity index (χ2n) is 5.49. The Hall–Kier alpha value is -0.810. The first kappa shape index (κ1) is 18.2. The van der Waals surface area contributed by atoms with Gasteiger partial charge in [0, 0.05) is 31.0 Å². The Morgan fingerprint density at radius 2 is 2.14 bits per heavy atom. The van der Waals surface area contributed by atoms with Gasteiger partial charge in [-0.15, -0.1) is 24.8 Å². The highest BCUT2D eigenvalue weighted by Gasteiger charge is 2.19. The quantitative estimate of drug-likeness (QED) is 0.939. The number of aryl methyl sites for hydroxylation is 1. The first-order chi connectivity index (χ1) is 9.26. The van der Waals surface area contributed by atoms with E-state index in [2.05, 4.69) is 53.0 Å². The summed E-state index contributed by atoms with van der Waals surface area (Å²) in [6.07, 6.45) is 4.74. The van der Waals surface area contributed by atoms with Crippen molar-refractivity contribution >= 4 is 30.5 Å². The molecule has 1 saturated heterocycles. The van der Waals surface area contributed by atoms with Crippen molar-refractivity contribution < 1.29 is 0 Å². The fraction of sp³-hybridized carbons (Fsp3) is 0.533. The fourth-order valence-electron chi connectivity index (χ4n) is 2.94. The van der Waals surface area contributed by atoms with Crippen LogP contribution in [-0.2, 0) is 6.54 Å². The van der Waals surface area contributed by atoms with E-state index in [1.807, 2.05) is 0 Å². The highest BCUT2D eigenvalue weighted by Crippen LogP contribution is 2.14. The van der Waals surface area contributed by atoms with Crippen LogP contribution in [-0.4, -0.2) is 40.5 Å². The Morgan fingerprint density at radius 3 is 2.86 bits per heavy atom. The van der Waals surface area contributed by atoms with Crippen molar-refractivity contribution in [1.82, 2.24) is 19.6 Å². The SMILES string of the molecule is CNC1CCCN(Cc2cn3c(C)cccc3n2)C1.Cl.Cl. The molecule has 0 aliphatic carbocycles. The van der Waals surface area contributed by atoms with Crippen LogP contribution in [0.1, 0.15) is 24.2 Å². The van der Waals surface area contributed by atoms with Crippen LogP contribution in [0.4, 0.5) is 0 Å². The average Bonchev–Trinajstić information content (AvgIpc) is 2.83. The molecular weight excluding hydrogens is 307 g/mol. The maximum absolute atomic E-state index is 4.72. The Balaban J connectivity index is 0.00000110. The van der Waals surface area contributed by atoms with Crippen molar-refractivity contribution in [2.75, 3.05) is 20.1 Å². The molecule has 3 rings (SSSR count). The van der Waals surface area contributed by atoms with E-state index in [0.717, 1.165) is 18.7 Å². The molecule has 21 heavy (non-hydrogen) atoms. The molecule has 0 radical (unpaired) electrons. The molecule has 3 heterocycles. The fourth-order valence-corrected chi connectivity index (χ4v) is 2.94. The number of nitrogens with one attached hydrogen (secondary N) is 1. The van der Waals surface area contributed by atoms with Crippen molar-refractivity contribution in [3.05, 3.63) is 35.8 Å². The molecular formula is C15H24Cl2N4. The van der Waals surface area contributed by atoms with Crippen molar-refractivity contribution in [3.63, 3.8) is 0 Å². The van der Waals surface area contributed by atoms with Crippen molar-refractivity contribution in [3.8, 4) is 0 Å². The number of aromatic nitrogens is 2. The minimum Gasteiger partial charge on any atom is -0.316 e. The molecule has 0 spiro atoms. The number of likely N-dealkylation sites (tertiary alicyclic amines) is 1. The normalized spacial score (nSPS) is 19.0. The molecule has 0 saturated carbocycles. The number of hydrogen-bond acceptors (Lipinski definition) is 3. The van der Waals surface area contributed by atoms with Crippen LogP contribution >= 0.6 is 24.8 Å². The van der Waals surface area contributed by atoms with E-state index in [9.17, 15) is 0 Å². The number of fused-ring (bicyclic) bond motifs is 1. The monoisotopic (exact) mass is 330 g/mol. The number of halogens is 2. The summed E-state index contributed by atoms with van der Waals surface area (Å²) in [6.45, 7) is 5.39. The molecule has 1 atom stereocenters. The van der Waals surface area contributed by atoms with Crippen LogP contribution in [0, 0.1) is 6.92 Å². The smallest absolute Gasteiger partial charge is 0.137 e. The molecule has 2 aromatic heterocycles. The third kappa shape index (κ3) is 4.10. The number of likely N-dealkylation sites (N-methyl/N-ethyl adjacent to an activating group) is 1. The molecule has 0 amide bonds. The minimum atomic E-state index is 0. The molecule has 0 bridgehead atoms. The van der Waals surface area contributed by atoms with E-state index < -0.39 is 0 Å². The van der Waals surface area contributed by atoms with Crippen LogP contribution in [0.5, 0.6) is 0 Å². The number of hydrogen-bond donors (Lipinski definition) is 1. The van der Waals surface area contributed by atoms with E-state index in [-0.39, 0.29) is 24.8 Å². The Labute approximate surface area is 138 Å². The zero-order valence-corrected chi connectivity index (χ0v) is 14.2. The van der Waals surface area contributed by atoms with Gasteiger partial charge in [-0.05, 0) is 45.5 Å². The van der Waals surface area contributed by atoms with Crippen LogP contribution in [0.3, 0.4) is 0 Å². The summed E-state index contributed by atoms with van der Waals surface area (Å²) >= 11 is 0. The van der Waals surface area contributed by atoms with Gasteiger partial charge < -0.3 is 9.72 Å². The maximum atomic E-state index is 4.72. The van der Waals surface area contributed by atoms with E-state index in [1.165, 1.54) is 30.8 Å². The molecule has 1 N–H and O–H groups in total. The lowest BCUT2D eigenvalue weighted by Crippen LogP contribution is -2.43. The summed E-state index contributed by atoms with van der Waals surface area (Å²) in [6, 6.07) is 6.89. The molecule has 0 aromatic carbocycles. The minimum absolute atomic E-state index is 0. The van der Waals surface area contributed by atoms with Gasteiger partial charge in [0.25, 0.3) is 0 Å². The average molecular weight is 331 g/mol. The van der Waals surface area contributed by atoms with E-state index in [0.29, 0.717) is 6.04 Å². The molecule has 1 unspecified atom stereocenters. The number of pyridine rings is 1. The van der Waals surface area contributed by atoms with E-state index in [1.54, 1.807) is 0 Å². The van der Waals surface area contributed by atoms with Gasteiger partial charge in [-0.1, -0.05) is 6.07 Å². The molecule has 4 nitrogen and oxygen atoms in total. The molecule has 6 heteroatoms. The van der Waals surface area contributed by atoms with Gasteiger partial charge in [-0.25, -0.2) is 4.98 Å². The Morgan fingerprint density at radius 1 is 1.33 bits per heavy atom. The van der Waals surface area contributed by atoms with Gasteiger partial charge in [0.1, 0.15) is 5.65 Å². The van der Waals surface area contributed by atoms with Gasteiger partial charge in [0.15, 0.2) is 0 Å². The molecule has 1 fully saturated rings. The molecule has 2 aromatic rings. The van der Waals surface area contributed by atoms with Gasteiger partial charge >= 0.3 is 0 Å². The topological polar surface area (TPSA) is 32.6 Å². The van der Waals surface area contributed by atoms with Gasteiger partial charge in [0.05, 0.1) is 5.69 Å². The maximum Gasteiger partial charge on any atom is 0.137 e. The zero-order valence-electron chi connectivity index (χ0n) is 12.6. The van der Waals surface area contributed by atoms with Crippen molar-refractivity contribution in [2.45, 2.75) is 32.4 Å². The van der Waals surface area contributed by atoms with Crippen LogP contribution in [0.25, 0.3) is 5.65 Å². The molecule has 1 aliphatic heterocycles. The second kappa shape index (κ2) is 7.99. The predicted octanol–water partition coefficient (Wildman–Crippen LogP) is 2.67. The summed E-state index contributed by atoms with van der Waals surface area (Å²) in [5.41, 5.74) is 3.46. The largest absolute Gasteiger partial charge is 0.316 e. The lowest BCUT2D eigenvalue weighted by molar-refractivity contribution is 0.186. The van der Waals surface area contributed by atoms with Crippen LogP contribution in [0.15, 0.2) is 24.4 Å². The molecule has 1 aliphatic rings. The third-order valence-corrected chi connectivity index (χ3v) is 4.05. The summed E-state index contributed by atoms with van der Waals surface area (Å²) < 4.78 is 2.18. The molecule has 118 valence electrons. The summed E-state index contributed by atoms with van der Waals surface area (Å²) in [7, 11) is 2.06. The van der Waals surface area contributed by atoms with Crippen molar-refractivity contribution in [2.24, 2.45) is 0 Å². The first-order valence-corrected chi connectivity index (χ1v) is 7.09. The summed E-state index contributed by atoms with van der Waals surface area (Å²) in [4.78, 5) is 7.22. The lowest BCUT2D eigenvalue weighted by atomic mass is 10.1. The number of piperidine rings is 1. The van der Waals surface area contributed by atoms with Crippen LogP contribution < -0.4 is 5.32 Å². The van der Waals surface area contributed by atoms with Crippen molar-refractivity contribution in [1.29, 1.82) is 0 Å². The Kier molecular flexibility index (Phi) is 6.94. The van der Waals surface area contributed by atoms with Gasteiger partial charge in [-0.3, -0.25) is 4.90 Å². The van der Waals surface area contributed by atoms with E-state index in [4.69, 9.17) is 4.98 Å². The lowest BCUT2D eigenvalue weighted by Gasteiger charge is -2.31. The highest BCUT2D eigenvalue weighted by atomic mass is 35.5. The van der Waals surface area contributed by atoms with Crippen LogP contribution in [0.2, 0.25) is 0 Å². The number of imidazole rings is 1. The second-order valence-corrected chi connectivity index (χ2v) is 5.49. The summed E-state index contributed by atoms with van der Waals surface area (Å²) in [5, 5.41) is 3.39.